The second kappa shape index (κ2) is 27.3. The predicted molar refractivity (Wildman–Crippen MR) is 251 cm³/mol. The van der Waals surface area contributed by atoms with Gasteiger partial charge in [0.05, 0.1) is 21.2 Å². The van der Waals surface area contributed by atoms with Crippen molar-refractivity contribution in [1.29, 1.82) is 0 Å². The molecule has 14 nitrogen and oxygen atoms in total. The van der Waals surface area contributed by atoms with Crippen molar-refractivity contribution >= 4 is 34.9 Å². The fourth-order valence-corrected chi connectivity index (χ4v) is 7.62. The summed E-state index contributed by atoms with van der Waals surface area (Å²) in [6.07, 6.45) is -36.7. The molecule has 0 aromatic heterocycles. The number of hydrogen-bond acceptors (Lipinski definition) is 10. The van der Waals surface area contributed by atoms with Crippen LogP contribution in [0, 0.1) is 20.2 Å². The average Bonchev–Trinajstić information content (AvgIpc) is 0.710. The summed E-state index contributed by atoms with van der Waals surface area (Å²) in [5, 5.41) is 23.9. The summed E-state index contributed by atoms with van der Waals surface area (Å²) in [7, 11) is 0. The maximum Gasteiger partial charge on any atom is 0.460 e. The zero-order valence-electron chi connectivity index (χ0n) is 47.1. The number of nitro benzene ring substituents is 2. The van der Waals surface area contributed by atoms with Crippen LogP contribution in [0.4, 0.5) is 208 Å². The Hall–Kier alpha value is -9.50. The van der Waals surface area contributed by atoms with Gasteiger partial charge in [-0.2, -0.15) is 176 Å². The van der Waals surface area contributed by atoms with E-state index in [4.69, 9.17) is 0 Å². The van der Waals surface area contributed by atoms with E-state index in [1.807, 2.05) is 0 Å². The predicted octanol–water partition coefficient (Wildman–Crippen LogP) is 20.1. The van der Waals surface area contributed by atoms with Crippen LogP contribution in [0.2, 0.25) is 0 Å². The Morgan fingerprint density at radius 2 is 0.583 bits per heavy atom. The van der Waals surface area contributed by atoms with E-state index in [1.54, 1.807) is 0 Å². The van der Waals surface area contributed by atoms with Gasteiger partial charge in [-0.25, -0.2) is 9.59 Å². The number of carbonyl (C=O) groups is 2. The Labute approximate surface area is 536 Å². The molecule has 0 saturated carbocycles. The van der Waals surface area contributed by atoms with Crippen LogP contribution >= 0.6 is 0 Å². The summed E-state index contributed by atoms with van der Waals surface area (Å²) in [6, 6.07) is -10.6. The maximum absolute atomic E-state index is 15.7. The number of alkyl halides is 36. The lowest BCUT2D eigenvalue weighted by atomic mass is 9.72. The fourth-order valence-electron chi connectivity index (χ4n) is 7.62. The number of hydrogen-bond donors (Lipinski definition) is 2. The molecule has 0 unspecified atom stereocenters. The van der Waals surface area contributed by atoms with Gasteiger partial charge < -0.3 is 18.9 Å². The molecule has 4 aromatic carbocycles. The number of nitrogens with one attached hydrogen (secondary N) is 2. The van der Waals surface area contributed by atoms with Gasteiger partial charge in [0.25, 0.3) is 11.4 Å². The second-order valence-electron chi connectivity index (χ2n) is 19.7. The molecule has 0 radical (unpaired) electrons. The van der Waals surface area contributed by atoms with Crippen molar-refractivity contribution in [3.63, 3.8) is 0 Å². The number of rotatable bonds is 26. The molecule has 0 heterocycles. The monoisotopic (exact) mass is 1580 g/mol. The molecule has 2 N–H and O–H groups in total. The van der Waals surface area contributed by atoms with Gasteiger partial charge in [-0.1, -0.05) is 12.1 Å². The molecule has 0 saturated heterocycles. The molecular formula is C49H20F40N4O10. The third kappa shape index (κ3) is 14.5. The molecule has 0 bridgehead atoms. The van der Waals surface area contributed by atoms with Crippen molar-refractivity contribution in [2.24, 2.45) is 0 Å². The zero-order valence-corrected chi connectivity index (χ0v) is 47.1. The zero-order chi connectivity index (χ0) is 80.4. The van der Waals surface area contributed by atoms with Crippen LogP contribution in [0.25, 0.3) is 0 Å². The van der Waals surface area contributed by atoms with E-state index in [-0.39, 0.29) is 0 Å². The van der Waals surface area contributed by atoms with Gasteiger partial charge in [0.1, 0.15) is 13.2 Å². The minimum Gasteiger partial charge on any atom is -0.444 e. The number of nitro groups is 2. The fraction of sp³-hybridized carbons (Fsp3) is 0.388. The summed E-state index contributed by atoms with van der Waals surface area (Å²) in [5.74, 6) is -126. The number of carbonyl (C=O) groups excluding carboxylic acids is 2. The molecule has 4 aromatic rings. The minimum atomic E-state index is -9.34. The molecule has 2 amide bonds. The number of non-ortho nitro benzene ring substituents is 2. The molecule has 0 aliphatic heterocycles. The van der Waals surface area contributed by atoms with E-state index in [0.717, 1.165) is 10.6 Å². The number of halogens is 40. The number of ether oxygens (including phenoxy) is 4. The highest BCUT2D eigenvalue weighted by molar-refractivity contribution is 5.88. The van der Waals surface area contributed by atoms with Crippen molar-refractivity contribution < 1.29 is 214 Å². The van der Waals surface area contributed by atoms with Crippen molar-refractivity contribution in [1.82, 2.24) is 0 Å². The van der Waals surface area contributed by atoms with E-state index < -0.39 is 253 Å². The Kier molecular flexibility index (Phi) is 22.8. The van der Waals surface area contributed by atoms with Gasteiger partial charge in [0.2, 0.25) is 17.1 Å². The SMILES string of the molecule is O=C(Nc1ccc(C(c2ccc(NC(=O)OCc3ccc([N+](=O)[O-])cc3)c(OC(F)=C(F)C(F)(F)C(F)(F)C(F)(F)C(F)(F)C(F)(F)C(F)(F)C(F)(F)F)c2)(C(F)(F)F)C(F)(F)F)cc1OC(F)=C(F)C(F)(F)C(F)(F)C(F)(F)C(F)(F)C(F)(F)C(F)(F)C(F)(F)F)OCc1ccc([N+](=O)[O-])cc1. The summed E-state index contributed by atoms with van der Waals surface area (Å²) in [6.45, 7) is -2.66. The van der Waals surface area contributed by atoms with Crippen molar-refractivity contribution in [2.75, 3.05) is 10.6 Å². The van der Waals surface area contributed by atoms with E-state index in [0.29, 0.717) is 48.5 Å². The number of nitrogens with zero attached hydrogens (tertiary/aromatic N) is 2. The van der Waals surface area contributed by atoms with Gasteiger partial charge in [-0.05, 0) is 70.8 Å². The molecule has 103 heavy (non-hydrogen) atoms. The highest BCUT2D eigenvalue weighted by Crippen LogP contribution is 2.66. The second-order valence-corrected chi connectivity index (χ2v) is 19.7. The van der Waals surface area contributed by atoms with E-state index >= 15 is 43.9 Å². The van der Waals surface area contributed by atoms with Crippen LogP contribution in [-0.2, 0) is 28.1 Å². The first-order valence-corrected chi connectivity index (χ1v) is 24.8. The molecule has 4 rings (SSSR count). The van der Waals surface area contributed by atoms with E-state index in [9.17, 15) is 162 Å². The third-order valence-corrected chi connectivity index (χ3v) is 13.1. The molecule has 0 aliphatic rings. The van der Waals surface area contributed by atoms with Gasteiger partial charge in [-0.15, -0.1) is 0 Å². The van der Waals surface area contributed by atoms with Crippen molar-refractivity contribution in [2.45, 2.75) is 114 Å². The Morgan fingerprint density at radius 1 is 0.340 bits per heavy atom. The Balaban J connectivity index is 2.14. The lowest BCUT2D eigenvalue weighted by Crippen LogP contribution is -2.72. The largest absolute Gasteiger partial charge is 0.460 e. The van der Waals surface area contributed by atoms with E-state index in [2.05, 4.69) is 18.9 Å². The summed E-state index contributed by atoms with van der Waals surface area (Å²) < 4.78 is 590. The highest BCUT2D eigenvalue weighted by Gasteiger charge is 2.96. The Morgan fingerprint density at radius 3 is 0.816 bits per heavy atom. The topological polar surface area (TPSA) is 181 Å². The molecule has 0 atom stereocenters. The van der Waals surface area contributed by atoms with Crippen LogP contribution in [0.5, 0.6) is 11.5 Å². The van der Waals surface area contributed by atoms with Crippen LogP contribution < -0.4 is 20.1 Å². The third-order valence-electron chi connectivity index (χ3n) is 13.1. The molecule has 0 aliphatic carbocycles. The van der Waals surface area contributed by atoms with Crippen molar-refractivity contribution in [3.05, 3.63) is 151 Å². The highest BCUT2D eigenvalue weighted by atomic mass is 19.5. The lowest BCUT2D eigenvalue weighted by molar-refractivity contribution is -0.451. The summed E-state index contributed by atoms with van der Waals surface area (Å²) in [5.41, 5.74) is -20.0. The normalized spacial score (nSPS) is 14.8. The number of benzene rings is 4. The summed E-state index contributed by atoms with van der Waals surface area (Å²) in [4.78, 5) is 45.4. The van der Waals surface area contributed by atoms with Crippen molar-refractivity contribution in [3.8, 4) is 11.5 Å². The number of amides is 2. The molecule has 0 fully saturated rings. The molecule has 576 valence electrons. The van der Waals surface area contributed by atoms with Crippen LogP contribution in [0.1, 0.15) is 22.3 Å². The smallest absolute Gasteiger partial charge is 0.444 e. The van der Waals surface area contributed by atoms with Gasteiger partial charge >= 0.3 is 120 Å². The minimum absolute atomic E-state index is 0.450. The summed E-state index contributed by atoms with van der Waals surface area (Å²) >= 11 is 0. The first-order chi connectivity index (χ1) is 45.9. The first kappa shape index (κ1) is 85.9. The number of anilines is 2. The average molecular weight is 1580 g/mol. The Bertz CT molecular complexity index is 3650. The maximum atomic E-state index is 15.7. The quantitative estimate of drug-likeness (QED) is 0.0266. The van der Waals surface area contributed by atoms with Crippen LogP contribution in [0.3, 0.4) is 0 Å². The molecule has 54 heteroatoms. The van der Waals surface area contributed by atoms with Gasteiger partial charge in [0, 0.05) is 24.3 Å². The number of allylic oxidation sites excluding steroid dienone is 2. The van der Waals surface area contributed by atoms with Gasteiger partial charge in [0.15, 0.2) is 11.5 Å². The van der Waals surface area contributed by atoms with Crippen LogP contribution in [0.15, 0.2) is 109 Å². The van der Waals surface area contributed by atoms with E-state index in [1.165, 1.54) is 0 Å². The molecule has 0 spiro atoms. The van der Waals surface area contributed by atoms with Crippen LogP contribution in [-0.4, -0.2) is 118 Å². The standard InChI is InChI=1S/C49H20F40N4O10/c50-27(34(54,55)36(58,59)38(62,63)40(66,67)42(70,71)44(74,75)48(84,85)86)29(52)102-25-13-19(5-11-23(25)90-31(94)100-15-17-1-7-21(8-2-17)92(96)97)33(46(78,79)80,47(81,82)83)20-6-12-24(91-32(95)101-16-18-3-9-22(10-4-18)93(98)99)26(14-20)103-30(53)28(51)35(56,57)37(60,61)39(64,65)41(68,69)43(72,73)45(76,77)49(87,88)89/h1-14H,15-16H2,(H,90,94)(H,91,95). The lowest BCUT2D eigenvalue weighted by Gasteiger charge is -2.41. The van der Waals surface area contributed by atoms with Gasteiger partial charge in [-0.3, -0.25) is 30.9 Å². The first-order valence-electron chi connectivity index (χ1n) is 24.8. The molecular weight excluding hydrogens is 1560 g/mol.